The molecule has 0 aliphatic heterocycles. The SMILES string of the molecule is CCc1c2ccccc2cc2c1cc(OC)c1ccccc12. The minimum atomic E-state index is 0.952. The van der Waals surface area contributed by atoms with Crippen LogP contribution in [0, 0.1) is 0 Å². The second-order valence-corrected chi connectivity index (χ2v) is 5.65. The smallest absolute Gasteiger partial charge is 0.127 e. The molecule has 0 unspecified atom stereocenters. The van der Waals surface area contributed by atoms with Gasteiger partial charge in [0.25, 0.3) is 0 Å². The first-order valence-electron chi connectivity index (χ1n) is 7.73. The maximum atomic E-state index is 5.65. The molecule has 1 nitrogen and oxygen atoms in total. The van der Waals surface area contributed by atoms with Crippen molar-refractivity contribution < 1.29 is 4.74 Å². The second kappa shape index (κ2) is 5.03. The van der Waals surface area contributed by atoms with Gasteiger partial charge < -0.3 is 4.74 Å². The van der Waals surface area contributed by atoms with Crippen molar-refractivity contribution in [2.75, 3.05) is 7.11 Å². The largest absolute Gasteiger partial charge is 0.496 e. The number of ether oxygens (including phenoxy) is 1. The molecular formula is C21H18O. The number of rotatable bonds is 2. The average Bonchev–Trinajstić information content (AvgIpc) is 2.59. The zero-order valence-electron chi connectivity index (χ0n) is 12.9. The molecule has 0 fully saturated rings. The maximum Gasteiger partial charge on any atom is 0.127 e. The summed E-state index contributed by atoms with van der Waals surface area (Å²) in [4.78, 5) is 0. The van der Waals surface area contributed by atoms with Gasteiger partial charge >= 0.3 is 0 Å². The fraction of sp³-hybridized carbons (Fsp3) is 0.143. The van der Waals surface area contributed by atoms with Gasteiger partial charge in [-0.3, -0.25) is 0 Å². The topological polar surface area (TPSA) is 9.23 Å². The van der Waals surface area contributed by atoms with Gasteiger partial charge in [0.2, 0.25) is 0 Å². The van der Waals surface area contributed by atoms with E-state index >= 15 is 0 Å². The molecule has 0 saturated carbocycles. The van der Waals surface area contributed by atoms with E-state index in [1.165, 1.54) is 37.9 Å². The quantitative estimate of drug-likeness (QED) is 0.338. The Morgan fingerprint density at radius 2 is 1.41 bits per heavy atom. The highest BCUT2D eigenvalue weighted by Gasteiger charge is 2.12. The van der Waals surface area contributed by atoms with Crippen LogP contribution in [-0.2, 0) is 6.42 Å². The lowest BCUT2D eigenvalue weighted by Gasteiger charge is -2.14. The highest BCUT2D eigenvalue weighted by Crippen LogP contribution is 2.38. The van der Waals surface area contributed by atoms with Crippen molar-refractivity contribution in [1.82, 2.24) is 0 Å². The Labute approximate surface area is 130 Å². The normalized spacial score (nSPS) is 11.4. The molecule has 0 aromatic heterocycles. The van der Waals surface area contributed by atoms with Crippen LogP contribution in [0.3, 0.4) is 0 Å². The molecule has 0 saturated heterocycles. The van der Waals surface area contributed by atoms with Crippen LogP contribution in [0.2, 0.25) is 0 Å². The minimum absolute atomic E-state index is 0.952. The lowest BCUT2D eigenvalue weighted by Crippen LogP contribution is -1.91. The van der Waals surface area contributed by atoms with Crippen molar-refractivity contribution >= 4 is 32.3 Å². The van der Waals surface area contributed by atoms with Crippen LogP contribution >= 0.6 is 0 Å². The van der Waals surface area contributed by atoms with Crippen LogP contribution in [0.1, 0.15) is 12.5 Å². The molecule has 0 heterocycles. The van der Waals surface area contributed by atoms with Gasteiger partial charge in [0.05, 0.1) is 7.11 Å². The molecule has 0 N–H and O–H groups in total. The average molecular weight is 286 g/mol. The van der Waals surface area contributed by atoms with Gasteiger partial charge in [0, 0.05) is 5.39 Å². The molecule has 4 aromatic rings. The Hall–Kier alpha value is -2.54. The molecule has 0 aliphatic carbocycles. The lowest BCUT2D eigenvalue weighted by molar-refractivity contribution is 0.420. The maximum absolute atomic E-state index is 5.65. The van der Waals surface area contributed by atoms with Crippen LogP contribution in [0.5, 0.6) is 5.75 Å². The van der Waals surface area contributed by atoms with E-state index in [-0.39, 0.29) is 0 Å². The van der Waals surface area contributed by atoms with Crippen molar-refractivity contribution in [3.8, 4) is 5.75 Å². The summed E-state index contributed by atoms with van der Waals surface area (Å²) in [5.41, 5.74) is 1.40. The van der Waals surface area contributed by atoms with Gasteiger partial charge in [-0.2, -0.15) is 0 Å². The van der Waals surface area contributed by atoms with Crippen molar-refractivity contribution in [2.24, 2.45) is 0 Å². The molecule has 1 heteroatoms. The fourth-order valence-electron chi connectivity index (χ4n) is 3.52. The highest BCUT2D eigenvalue weighted by molar-refractivity contribution is 6.16. The van der Waals surface area contributed by atoms with Gasteiger partial charge in [-0.15, -0.1) is 0 Å². The summed E-state index contributed by atoms with van der Waals surface area (Å²) in [6.07, 6.45) is 1.01. The molecule has 108 valence electrons. The summed E-state index contributed by atoms with van der Waals surface area (Å²) >= 11 is 0. The summed E-state index contributed by atoms with van der Waals surface area (Å²) in [7, 11) is 1.75. The van der Waals surface area contributed by atoms with E-state index in [2.05, 4.69) is 67.6 Å². The molecule has 22 heavy (non-hydrogen) atoms. The Balaban J connectivity index is 2.30. The molecule has 4 aromatic carbocycles. The van der Waals surface area contributed by atoms with E-state index in [1.807, 2.05) is 0 Å². The number of methoxy groups -OCH3 is 1. The van der Waals surface area contributed by atoms with Crippen molar-refractivity contribution in [2.45, 2.75) is 13.3 Å². The highest BCUT2D eigenvalue weighted by atomic mass is 16.5. The Bertz CT molecular complexity index is 993. The molecule has 0 aliphatic rings. The summed E-state index contributed by atoms with van der Waals surface area (Å²) in [6, 6.07) is 21.6. The van der Waals surface area contributed by atoms with E-state index in [9.17, 15) is 0 Å². The van der Waals surface area contributed by atoms with Gasteiger partial charge in [0.15, 0.2) is 0 Å². The predicted octanol–water partition coefficient (Wildman–Crippen LogP) is 5.72. The standard InChI is InChI=1S/C21H18O/c1-3-15-16-9-5-4-8-14(16)12-19-17-10-6-7-11-18(17)21(22-2)13-20(15)19/h4-13H,3H2,1-2H3. The summed E-state index contributed by atoms with van der Waals surface area (Å²) in [5.74, 6) is 0.952. The number of aryl methyl sites for hydroxylation is 1. The number of fused-ring (bicyclic) bond motifs is 4. The Morgan fingerprint density at radius 1 is 0.727 bits per heavy atom. The summed E-state index contributed by atoms with van der Waals surface area (Å²) < 4.78 is 5.65. The number of benzene rings is 4. The van der Waals surface area contributed by atoms with Crippen LogP contribution in [0.25, 0.3) is 32.3 Å². The van der Waals surface area contributed by atoms with Crippen molar-refractivity contribution in [3.05, 3.63) is 66.2 Å². The van der Waals surface area contributed by atoms with Gasteiger partial charge in [-0.1, -0.05) is 55.5 Å². The van der Waals surface area contributed by atoms with E-state index in [0.29, 0.717) is 0 Å². The van der Waals surface area contributed by atoms with Crippen LogP contribution in [0.4, 0.5) is 0 Å². The van der Waals surface area contributed by atoms with Crippen LogP contribution in [-0.4, -0.2) is 7.11 Å². The zero-order valence-corrected chi connectivity index (χ0v) is 12.9. The van der Waals surface area contributed by atoms with E-state index < -0.39 is 0 Å². The third-order valence-corrected chi connectivity index (χ3v) is 4.53. The van der Waals surface area contributed by atoms with Gasteiger partial charge in [-0.25, -0.2) is 0 Å². The summed E-state index contributed by atoms with van der Waals surface area (Å²) in [6.45, 7) is 2.23. The van der Waals surface area contributed by atoms with E-state index in [4.69, 9.17) is 4.74 Å². The third-order valence-electron chi connectivity index (χ3n) is 4.53. The lowest BCUT2D eigenvalue weighted by atomic mass is 9.92. The second-order valence-electron chi connectivity index (χ2n) is 5.65. The molecule has 0 atom stereocenters. The monoisotopic (exact) mass is 286 g/mol. The number of hydrogen-bond donors (Lipinski definition) is 0. The molecule has 4 rings (SSSR count). The number of hydrogen-bond acceptors (Lipinski definition) is 1. The molecule has 0 bridgehead atoms. The third kappa shape index (κ3) is 1.79. The zero-order chi connectivity index (χ0) is 15.1. The molecule has 0 radical (unpaired) electrons. The van der Waals surface area contributed by atoms with Crippen molar-refractivity contribution in [3.63, 3.8) is 0 Å². The molecular weight excluding hydrogens is 268 g/mol. The first kappa shape index (κ1) is 13.1. The van der Waals surface area contributed by atoms with Crippen molar-refractivity contribution in [1.29, 1.82) is 0 Å². The minimum Gasteiger partial charge on any atom is -0.496 e. The Morgan fingerprint density at radius 3 is 2.14 bits per heavy atom. The molecule has 0 spiro atoms. The van der Waals surface area contributed by atoms with Gasteiger partial charge in [0.1, 0.15) is 5.75 Å². The van der Waals surface area contributed by atoms with Crippen LogP contribution in [0.15, 0.2) is 60.7 Å². The summed E-state index contributed by atoms with van der Waals surface area (Å²) in [5, 5.41) is 7.70. The predicted molar refractivity (Wildman–Crippen MR) is 94.9 cm³/mol. The van der Waals surface area contributed by atoms with E-state index in [0.717, 1.165) is 12.2 Å². The Kier molecular flexibility index (Phi) is 3.00. The van der Waals surface area contributed by atoms with E-state index in [1.54, 1.807) is 7.11 Å². The van der Waals surface area contributed by atoms with Crippen LogP contribution < -0.4 is 4.74 Å². The molecule has 0 amide bonds. The first-order valence-corrected chi connectivity index (χ1v) is 7.73. The first-order chi connectivity index (χ1) is 10.8. The van der Waals surface area contributed by atoms with Gasteiger partial charge in [-0.05, 0) is 51.0 Å². The fourth-order valence-corrected chi connectivity index (χ4v) is 3.52.